The van der Waals surface area contributed by atoms with E-state index in [4.69, 9.17) is 21.1 Å². The van der Waals surface area contributed by atoms with E-state index in [1.165, 1.54) is 0 Å². The van der Waals surface area contributed by atoms with Crippen molar-refractivity contribution in [2.24, 2.45) is 5.73 Å². The molecule has 0 aliphatic carbocycles. The Bertz CT molecular complexity index is 666. The smallest absolute Gasteiger partial charge is 0.326 e. The molecule has 0 unspecified atom stereocenters. The number of aliphatic hydroxyl groups is 1. The summed E-state index contributed by atoms with van der Waals surface area (Å²) in [7, 11) is 0. The molecule has 0 bridgehead atoms. The molecule has 2 amide bonds. The van der Waals surface area contributed by atoms with Crippen molar-refractivity contribution in [2.45, 2.75) is 37.4 Å². The summed E-state index contributed by atoms with van der Waals surface area (Å²) in [5.74, 6) is -4.15. The van der Waals surface area contributed by atoms with Gasteiger partial charge in [-0.25, -0.2) is 4.79 Å². The summed E-state index contributed by atoms with van der Waals surface area (Å²) >= 11 is 0. The molecule has 7 N–H and O–H groups in total. The Morgan fingerprint density at radius 1 is 0.963 bits per heavy atom. The number of carbonyl (C=O) groups excluding carboxylic acids is 2. The number of carbonyl (C=O) groups is 4. The quantitative estimate of drug-likeness (QED) is 0.267. The fraction of sp³-hybridized carbons (Fsp3) is 0.412. The van der Waals surface area contributed by atoms with Gasteiger partial charge in [0.1, 0.15) is 18.1 Å². The highest BCUT2D eigenvalue weighted by molar-refractivity contribution is 5.92. The number of benzene rings is 1. The summed E-state index contributed by atoms with van der Waals surface area (Å²) in [4.78, 5) is 46.4. The van der Waals surface area contributed by atoms with Gasteiger partial charge < -0.3 is 31.7 Å². The van der Waals surface area contributed by atoms with Crippen LogP contribution in [0.2, 0.25) is 0 Å². The lowest BCUT2D eigenvalue weighted by Crippen LogP contribution is -2.55. The first-order chi connectivity index (χ1) is 12.7. The molecule has 1 aromatic rings. The Labute approximate surface area is 155 Å². The molecule has 1 rings (SSSR count). The van der Waals surface area contributed by atoms with Crippen LogP contribution in [0.4, 0.5) is 0 Å². The molecule has 148 valence electrons. The zero-order chi connectivity index (χ0) is 20.4. The maximum Gasteiger partial charge on any atom is 0.326 e. The van der Waals surface area contributed by atoms with Crippen LogP contribution in [-0.2, 0) is 25.6 Å². The molecule has 27 heavy (non-hydrogen) atoms. The Kier molecular flexibility index (Phi) is 8.90. The van der Waals surface area contributed by atoms with Crippen LogP contribution in [0.5, 0.6) is 0 Å². The third-order valence-electron chi connectivity index (χ3n) is 3.71. The molecule has 0 aromatic heterocycles. The Balaban J connectivity index is 2.91. The number of carboxylic acids is 2. The minimum Gasteiger partial charge on any atom is -0.481 e. The van der Waals surface area contributed by atoms with E-state index in [2.05, 4.69) is 10.6 Å². The number of amides is 2. The Hall–Kier alpha value is -2.98. The molecule has 10 heteroatoms. The maximum atomic E-state index is 12.5. The average Bonchev–Trinajstić information content (AvgIpc) is 2.63. The van der Waals surface area contributed by atoms with E-state index < -0.39 is 54.9 Å². The van der Waals surface area contributed by atoms with E-state index in [0.29, 0.717) is 5.56 Å². The summed E-state index contributed by atoms with van der Waals surface area (Å²) in [5, 5.41) is 31.4. The SMILES string of the molecule is N[C@@H](CO)C(=O)N[C@@H](Cc1ccccc1)C(=O)N[C@@H](CCC(=O)O)C(=O)O. The standard InChI is InChI=1S/C17H23N3O7/c18-11(9-21)15(24)20-13(8-10-4-2-1-3-5-10)16(25)19-12(17(26)27)6-7-14(22)23/h1-5,11-13,21H,6-9,18H2,(H,19,25)(H,20,24)(H,22,23)(H,26,27)/t11-,12-,13-/m0/s1. The number of nitrogens with two attached hydrogens (primary N) is 1. The van der Waals surface area contributed by atoms with Crippen molar-refractivity contribution in [1.82, 2.24) is 10.6 Å². The molecule has 1 aromatic carbocycles. The topological polar surface area (TPSA) is 179 Å². The predicted octanol–water partition coefficient (Wildman–Crippen LogP) is -1.53. The molecule has 10 nitrogen and oxygen atoms in total. The minimum absolute atomic E-state index is 0.0574. The molecule has 0 heterocycles. The Morgan fingerprint density at radius 2 is 1.56 bits per heavy atom. The first-order valence-electron chi connectivity index (χ1n) is 8.20. The molecule has 0 saturated carbocycles. The van der Waals surface area contributed by atoms with Crippen molar-refractivity contribution in [2.75, 3.05) is 6.61 Å². The van der Waals surface area contributed by atoms with E-state index in [1.54, 1.807) is 30.3 Å². The molecule has 0 aliphatic heterocycles. The summed E-state index contributed by atoms with van der Waals surface area (Å²) in [6.07, 6.45) is -0.692. The average molecular weight is 381 g/mol. The normalized spacial score (nSPS) is 13.9. The second-order valence-electron chi connectivity index (χ2n) is 5.87. The molecule has 0 radical (unpaired) electrons. The van der Waals surface area contributed by atoms with Crippen LogP contribution in [0.1, 0.15) is 18.4 Å². The van der Waals surface area contributed by atoms with Crippen molar-refractivity contribution < 1.29 is 34.5 Å². The summed E-state index contributed by atoms with van der Waals surface area (Å²) in [5.41, 5.74) is 6.14. The fourth-order valence-corrected chi connectivity index (χ4v) is 2.22. The van der Waals surface area contributed by atoms with E-state index >= 15 is 0 Å². The second kappa shape index (κ2) is 10.9. The van der Waals surface area contributed by atoms with Crippen LogP contribution in [0, 0.1) is 0 Å². The number of aliphatic carboxylic acids is 2. The van der Waals surface area contributed by atoms with Gasteiger partial charge in [0.25, 0.3) is 0 Å². The van der Waals surface area contributed by atoms with Crippen molar-refractivity contribution >= 4 is 23.8 Å². The van der Waals surface area contributed by atoms with Crippen LogP contribution >= 0.6 is 0 Å². The van der Waals surface area contributed by atoms with Gasteiger partial charge in [-0.1, -0.05) is 30.3 Å². The fourth-order valence-electron chi connectivity index (χ4n) is 2.22. The summed E-state index contributed by atoms with van der Waals surface area (Å²) in [6.45, 7) is -0.623. The van der Waals surface area contributed by atoms with Crippen LogP contribution in [0.25, 0.3) is 0 Å². The van der Waals surface area contributed by atoms with Crippen molar-refractivity contribution in [3.8, 4) is 0 Å². The highest BCUT2D eigenvalue weighted by atomic mass is 16.4. The number of hydrogen-bond donors (Lipinski definition) is 6. The van der Waals surface area contributed by atoms with Gasteiger partial charge in [0, 0.05) is 12.8 Å². The predicted molar refractivity (Wildman–Crippen MR) is 93.6 cm³/mol. The number of hydrogen-bond acceptors (Lipinski definition) is 6. The zero-order valence-electron chi connectivity index (χ0n) is 14.5. The monoisotopic (exact) mass is 381 g/mol. The summed E-state index contributed by atoms with van der Waals surface area (Å²) in [6, 6.07) is 4.87. The van der Waals surface area contributed by atoms with E-state index in [-0.39, 0.29) is 12.8 Å². The van der Waals surface area contributed by atoms with Gasteiger partial charge in [-0.15, -0.1) is 0 Å². The minimum atomic E-state index is -1.42. The molecular weight excluding hydrogens is 358 g/mol. The lowest BCUT2D eigenvalue weighted by molar-refractivity contribution is -0.143. The lowest BCUT2D eigenvalue weighted by atomic mass is 10.0. The van der Waals surface area contributed by atoms with E-state index in [0.717, 1.165) is 0 Å². The molecule has 0 fully saturated rings. The van der Waals surface area contributed by atoms with E-state index in [1.807, 2.05) is 0 Å². The van der Waals surface area contributed by atoms with Gasteiger partial charge in [0.2, 0.25) is 11.8 Å². The van der Waals surface area contributed by atoms with Crippen molar-refractivity contribution in [1.29, 1.82) is 0 Å². The van der Waals surface area contributed by atoms with Gasteiger partial charge in [-0.2, -0.15) is 0 Å². The van der Waals surface area contributed by atoms with E-state index in [9.17, 15) is 19.2 Å². The Morgan fingerprint density at radius 3 is 2.07 bits per heavy atom. The van der Waals surface area contributed by atoms with Gasteiger partial charge in [-0.3, -0.25) is 14.4 Å². The van der Waals surface area contributed by atoms with Crippen LogP contribution in [0.3, 0.4) is 0 Å². The first kappa shape index (κ1) is 22.1. The number of carboxylic acid groups (broad SMARTS) is 2. The van der Waals surface area contributed by atoms with Crippen LogP contribution in [-0.4, -0.2) is 63.8 Å². The van der Waals surface area contributed by atoms with Gasteiger partial charge >= 0.3 is 11.9 Å². The third-order valence-corrected chi connectivity index (χ3v) is 3.71. The number of aliphatic hydroxyl groups excluding tert-OH is 1. The highest BCUT2D eigenvalue weighted by Crippen LogP contribution is 2.06. The highest BCUT2D eigenvalue weighted by Gasteiger charge is 2.28. The number of nitrogens with one attached hydrogen (secondary N) is 2. The molecule has 0 aliphatic rings. The van der Waals surface area contributed by atoms with Gasteiger partial charge in [0.15, 0.2) is 0 Å². The molecule has 0 spiro atoms. The van der Waals surface area contributed by atoms with Crippen molar-refractivity contribution in [3.05, 3.63) is 35.9 Å². The second-order valence-corrected chi connectivity index (χ2v) is 5.87. The van der Waals surface area contributed by atoms with Gasteiger partial charge in [-0.05, 0) is 12.0 Å². The first-order valence-corrected chi connectivity index (χ1v) is 8.20. The number of rotatable bonds is 11. The lowest BCUT2D eigenvalue weighted by Gasteiger charge is -2.22. The maximum absolute atomic E-state index is 12.5. The molecule has 3 atom stereocenters. The van der Waals surface area contributed by atoms with Gasteiger partial charge in [0.05, 0.1) is 6.61 Å². The van der Waals surface area contributed by atoms with Crippen LogP contribution < -0.4 is 16.4 Å². The molecular formula is C17H23N3O7. The molecule has 0 saturated heterocycles. The summed E-state index contributed by atoms with van der Waals surface area (Å²) < 4.78 is 0. The van der Waals surface area contributed by atoms with Crippen molar-refractivity contribution in [3.63, 3.8) is 0 Å². The largest absolute Gasteiger partial charge is 0.481 e. The van der Waals surface area contributed by atoms with Crippen LogP contribution in [0.15, 0.2) is 30.3 Å². The zero-order valence-corrected chi connectivity index (χ0v) is 14.5. The third kappa shape index (κ3) is 7.84.